The summed E-state index contributed by atoms with van der Waals surface area (Å²) in [6.07, 6.45) is 9.10. The average molecular weight is 309 g/mol. The van der Waals surface area contributed by atoms with Crippen LogP contribution in [0.4, 0.5) is 0 Å². The van der Waals surface area contributed by atoms with Crippen molar-refractivity contribution in [2.75, 3.05) is 0 Å². The number of nitrogens with one attached hydrogen (secondary N) is 1. The fourth-order valence-corrected chi connectivity index (χ4v) is 3.26. The summed E-state index contributed by atoms with van der Waals surface area (Å²) >= 11 is 5.88. The number of aliphatic hydroxyl groups excluding tert-OH is 1. The lowest BCUT2D eigenvalue weighted by Gasteiger charge is -2.15. The van der Waals surface area contributed by atoms with Crippen LogP contribution in [0.3, 0.4) is 0 Å². The molecule has 1 fully saturated rings. The highest BCUT2D eigenvalue weighted by Gasteiger charge is 2.32. The second kappa shape index (κ2) is 6.22. The van der Waals surface area contributed by atoms with Crippen LogP contribution < -0.4 is 5.32 Å². The lowest BCUT2D eigenvalue weighted by atomic mass is 10.1. The first kappa shape index (κ1) is 14.6. The van der Waals surface area contributed by atoms with Gasteiger partial charge < -0.3 is 15.0 Å². The SMILES string of the molecule is Cn1ccc(CN[C@@H]2CC(Cn3cc(Cl)cn3)C[C@H]2O)c1. The van der Waals surface area contributed by atoms with E-state index in [1.54, 1.807) is 6.20 Å². The Hall–Kier alpha value is -1.30. The van der Waals surface area contributed by atoms with Gasteiger partial charge in [0, 0.05) is 44.8 Å². The molecular formula is C15H21ClN4O. The van der Waals surface area contributed by atoms with Crippen LogP contribution in [-0.4, -0.2) is 31.6 Å². The van der Waals surface area contributed by atoms with E-state index < -0.39 is 0 Å². The van der Waals surface area contributed by atoms with Crippen LogP contribution in [0.1, 0.15) is 18.4 Å². The fourth-order valence-electron chi connectivity index (χ4n) is 3.10. The molecule has 0 saturated heterocycles. The van der Waals surface area contributed by atoms with Crippen molar-refractivity contribution in [3.8, 4) is 0 Å². The van der Waals surface area contributed by atoms with Gasteiger partial charge in [0.25, 0.3) is 0 Å². The Balaban J connectivity index is 1.51. The molecule has 1 aliphatic carbocycles. The van der Waals surface area contributed by atoms with Gasteiger partial charge in [-0.1, -0.05) is 11.6 Å². The first-order valence-electron chi connectivity index (χ1n) is 7.30. The second-order valence-electron chi connectivity index (χ2n) is 5.96. The summed E-state index contributed by atoms with van der Waals surface area (Å²) in [6.45, 7) is 1.61. The van der Waals surface area contributed by atoms with Crippen LogP contribution in [0.2, 0.25) is 5.02 Å². The standard InChI is InChI=1S/C15H21ClN4O/c1-19-3-2-11(8-19)6-17-14-4-12(5-15(14)21)9-20-10-13(16)7-18-20/h2-3,7-8,10,12,14-15,17,21H,4-6,9H2,1H3/t12?,14-,15-/m1/s1. The van der Waals surface area contributed by atoms with E-state index in [1.807, 2.05) is 28.7 Å². The average Bonchev–Trinajstić information content (AvgIpc) is 3.10. The zero-order chi connectivity index (χ0) is 14.8. The van der Waals surface area contributed by atoms with Crippen molar-refractivity contribution in [2.24, 2.45) is 13.0 Å². The molecule has 1 unspecified atom stereocenters. The number of hydrogen-bond acceptors (Lipinski definition) is 3. The van der Waals surface area contributed by atoms with Gasteiger partial charge in [0.1, 0.15) is 0 Å². The van der Waals surface area contributed by atoms with Crippen molar-refractivity contribution in [3.63, 3.8) is 0 Å². The zero-order valence-corrected chi connectivity index (χ0v) is 12.9. The minimum Gasteiger partial charge on any atom is -0.391 e. The van der Waals surface area contributed by atoms with Crippen molar-refractivity contribution < 1.29 is 5.11 Å². The molecule has 0 spiro atoms. The lowest BCUT2D eigenvalue weighted by molar-refractivity contribution is 0.145. The molecule has 5 nitrogen and oxygen atoms in total. The summed E-state index contributed by atoms with van der Waals surface area (Å²) in [5.41, 5.74) is 1.24. The number of halogens is 1. The van der Waals surface area contributed by atoms with Gasteiger partial charge in [0.05, 0.1) is 17.3 Å². The largest absolute Gasteiger partial charge is 0.391 e. The Bertz CT molecular complexity index is 594. The quantitative estimate of drug-likeness (QED) is 0.885. The molecule has 1 aliphatic rings. The summed E-state index contributed by atoms with van der Waals surface area (Å²) in [5.74, 6) is 0.434. The molecule has 0 aromatic carbocycles. The van der Waals surface area contributed by atoms with Crippen molar-refractivity contribution in [3.05, 3.63) is 41.4 Å². The van der Waals surface area contributed by atoms with Crippen molar-refractivity contribution in [2.45, 2.75) is 38.1 Å². The molecule has 6 heteroatoms. The molecule has 1 saturated carbocycles. The predicted molar refractivity (Wildman–Crippen MR) is 82.0 cm³/mol. The lowest BCUT2D eigenvalue weighted by Crippen LogP contribution is -2.35. The zero-order valence-electron chi connectivity index (χ0n) is 12.1. The minimum absolute atomic E-state index is 0.154. The molecule has 0 amide bonds. The molecule has 0 radical (unpaired) electrons. The molecule has 2 aromatic rings. The third kappa shape index (κ3) is 3.67. The van der Waals surface area contributed by atoms with Crippen molar-refractivity contribution in [1.29, 1.82) is 0 Å². The highest BCUT2D eigenvalue weighted by molar-refractivity contribution is 6.30. The van der Waals surface area contributed by atoms with Gasteiger partial charge in [-0.2, -0.15) is 5.10 Å². The van der Waals surface area contributed by atoms with E-state index in [0.29, 0.717) is 10.9 Å². The van der Waals surface area contributed by atoms with E-state index in [9.17, 15) is 5.11 Å². The monoisotopic (exact) mass is 308 g/mol. The first-order valence-corrected chi connectivity index (χ1v) is 7.68. The Kier molecular flexibility index (Phi) is 4.33. The van der Waals surface area contributed by atoms with Crippen LogP contribution >= 0.6 is 11.6 Å². The first-order chi connectivity index (χ1) is 10.1. The van der Waals surface area contributed by atoms with E-state index in [4.69, 9.17) is 11.6 Å². The van der Waals surface area contributed by atoms with Gasteiger partial charge in [0.15, 0.2) is 0 Å². The molecule has 2 heterocycles. The summed E-state index contributed by atoms with van der Waals surface area (Å²) in [6, 6.07) is 2.25. The number of aromatic nitrogens is 3. The Morgan fingerprint density at radius 2 is 2.29 bits per heavy atom. The molecule has 3 rings (SSSR count). The maximum absolute atomic E-state index is 10.2. The van der Waals surface area contributed by atoms with Crippen molar-refractivity contribution >= 4 is 11.6 Å². The minimum atomic E-state index is -0.287. The van der Waals surface area contributed by atoms with Crippen LogP contribution in [0.25, 0.3) is 0 Å². The molecule has 0 aliphatic heterocycles. The van der Waals surface area contributed by atoms with E-state index in [1.165, 1.54) is 5.56 Å². The third-order valence-corrected chi connectivity index (χ3v) is 4.33. The highest BCUT2D eigenvalue weighted by atomic mass is 35.5. The number of rotatable bonds is 5. The third-order valence-electron chi connectivity index (χ3n) is 4.14. The van der Waals surface area contributed by atoms with Gasteiger partial charge in [-0.25, -0.2) is 0 Å². The molecule has 3 atom stereocenters. The number of nitrogens with zero attached hydrogens (tertiary/aromatic N) is 3. The fraction of sp³-hybridized carbons (Fsp3) is 0.533. The van der Waals surface area contributed by atoms with E-state index >= 15 is 0 Å². The van der Waals surface area contributed by atoms with Gasteiger partial charge in [0.2, 0.25) is 0 Å². The Labute approximate surface area is 129 Å². The van der Waals surface area contributed by atoms with Gasteiger partial charge in [-0.05, 0) is 30.4 Å². The summed E-state index contributed by atoms with van der Waals surface area (Å²) < 4.78 is 3.89. The van der Waals surface area contributed by atoms with Gasteiger partial charge in [-0.3, -0.25) is 4.68 Å². The van der Waals surface area contributed by atoms with Crippen molar-refractivity contribution in [1.82, 2.24) is 19.7 Å². The molecule has 2 aromatic heterocycles. The van der Waals surface area contributed by atoms with Crippen LogP contribution in [-0.2, 0) is 20.1 Å². The highest BCUT2D eigenvalue weighted by Crippen LogP contribution is 2.28. The van der Waals surface area contributed by atoms with Crippen LogP contribution in [0, 0.1) is 5.92 Å². The summed E-state index contributed by atoms with van der Waals surface area (Å²) in [4.78, 5) is 0. The second-order valence-corrected chi connectivity index (χ2v) is 6.39. The topological polar surface area (TPSA) is 55.0 Å². The summed E-state index contributed by atoms with van der Waals surface area (Å²) in [5, 5.41) is 18.5. The van der Waals surface area contributed by atoms with Crippen LogP contribution in [0.5, 0.6) is 0 Å². The van der Waals surface area contributed by atoms with Gasteiger partial charge >= 0.3 is 0 Å². The normalized spacial score (nSPS) is 25.6. The molecule has 2 N–H and O–H groups in total. The van der Waals surface area contributed by atoms with Crippen LogP contribution in [0.15, 0.2) is 30.9 Å². The summed E-state index contributed by atoms with van der Waals surface area (Å²) in [7, 11) is 2.01. The number of aryl methyl sites for hydroxylation is 1. The van der Waals surface area contributed by atoms with Gasteiger partial charge in [-0.15, -0.1) is 0 Å². The molecule has 21 heavy (non-hydrogen) atoms. The molecular weight excluding hydrogens is 288 g/mol. The number of aliphatic hydroxyl groups is 1. The maximum atomic E-state index is 10.2. The molecule has 0 bridgehead atoms. The smallest absolute Gasteiger partial charge is 0.0785 e. The molecule has 114 valence electrons. The Morgan fingerprint density at radius 1 is 1.43 bits per heavy atom. The Morgan fingerprint density at radius 3 is 2.95 bits per heavy atom. The van der Waals surface area contributed by atoms with E-state index in [0.717, 1.165) is 25.9 Å². The predicted octanol–water partition coefficient (Wildman–Crippen LogP) is 1.80. The van der Waals surface area contributed by atoms with E-state index in [2.05, 4.69) is 22.7 Å². The maximum Gasteiger partial charge on any atom is 0.0785 e. The van der Waals surface area contributed by atoms with E-state index in [-0.39, 0.29) is 12.1 Å². The number of hydrogen-bond donors (Lipinski definition) is 2.